The summed E-state index contributed by atoms with van der Waals surface area (Å²) >= 11 is 0. The fourth-order valence-corrected chi connectivity index (χ4v) is 2.33. The van der Waals surface area contributed by atoms with E-state index in [2.05, 4.69) is 16.0 Å². The third kappa shape index (κ3) is 3.65. The lowest BCUT2D eigenvalue weighted by Crippen LogP contribution is -2.40. The highest BCUT2D eigenvalue weighted by Crippen LogP contribution is 2.25. The minimum Gasteiger partial charge on any atom is -0.382 e. The van der Waals surface area contributed by atoms with Crippen molar-refractivity contribution in [3.8, 4) is 0 Å². The first-order chi connectivity index (χ1) is 10.2. The van der Waals surface area contributed by atoms with Crippen LogP contribution in [0.3, 0.4) is 0 Å². The molecule has 0 saturated carbocycles. The summed E-state index contributed by atoms with van der Waals surface area (Å²) in [6.45, 7) is 4.35. The Morgan fingerprint density at radius 2 is 1.95 bits per heavy atom. The largest absolute Gasteiger partial charge is 0.382 e. The van der Waals surface area contributed by atoms with E-state index in [1.807, 2.05) is 19.1 Å². The van der Waals surface area contributed by atoms with Gasteiger partial charge in [-0.3, -0.25) is 9.59 Å². The fourth-order valence-electron chi connectivity index (χ4n) is 2.33. The van der Waals surface area contributed by atoms with E-state index < -0.39 is 0 Å². The number of likely N-dealkylation sites (N-methyl/N-ethyl adjacent to an activating group) is 1. The van der Waals surface area contributed by atoms with Crippen molar-refractivity contribution in [3.05, 3.63) is 23.8 Å². The summed E-state index contributed by atoms with van der Waals surface area (Å²) in [5.41, 5.74) is 2.54. The Kier molecular flexibility index (Phi) is 5.03. The smallest absolute Gasteiger partial charge is 0.254 e. The average Bonchev–Trinajstić information content (AvgIpc) is 2.53. The molecule has 1 heterocycles. The van der Waals surface area contributed by atoms with Crippen molar-refractivity contribution in [2.75, 3.05) is 43.9 Å². The molecular formula is C15H22N4O2. The number of nitrogens with zero attached hydrogens (tertiary/aromatic N) is 1. The van der Waals surface area contributed by atoms with Crippen molar-refractivity contribution in [1.29, 1.82) is 0 Å². The molecule has 2 amide bonds. The van der Waals surface area contributed by atoms with E-state index in [0.29, 0.717) is 12.1 Å². The van der Waals surface area contributed by atoms with E-state index >= 15 is 0 Å². The third-order valence-corrected chi connectivity index (χ3v) is 3.42. The van der Waals surface area contributed by atoms with Crippen molar-refractivity contribution in [3.63, 3.8) is 0 Å². The number of amides is 2. The number of nitrogens with one attached hydrogen (secondary N) is 3. The summed E-state index contributed by atoms with van der Waals surface area (Å²) in [6, 6.07) is 5.54. The molecule has 0 aliphatic carbocycles. The fraction of sp³-hybridized carbons (Fsp3) is 0.467. The van der Waals surface area contributed by atoms with Crippen molar-refractivity contribution in [2.45, 2.75) is 13.3 Å². The van der Waals surface area contributed by atoms with Gasteiger partial charge in [-0.2, -0.15) is 0 Å². The number of anilines is 2. The van der Waals surface area contributed by atoms with E-state index in [1.165, 1.54) is 0 Å². The minimum absolute atomic E-state index is 0.0892. The number of benzene rings is 1. The molecule has 0 atom stereocenters. The van der Waals surface area contributed by atoms with Crippen LogP contribution in [0.4, 0.5) is 11.4 Å². The van der Waals surface area contributed by atoms with Crippen LogP contribution in [0.1, 0.15) is 23.7 Å². The van der Waals surface area contributed by atoms with Gasteiger partial charge in [0.15, 0.2) is 0 Å². The molecule has 0 fully saturated rings. The van der Waals surface area contributed by atoms with Gasteiger partial charge in [-0.05, 0) is 24.6 Å². The highest BCUT2D eigenvalue weighted by molar-refractivity contribution is 5.98. The number of rotatable bonds is 5. The third-order valence-electron chi connectivity index (χ3n) is 3.42. The van der Waals surface area contributed by atoms with Gasteiger partial charge in [-0.25, -0.2) is 0 Å². The van der Waals surface area contributed by atoms with Crippen LogP contribution < -0.4 is 16.0 Å². The maximum atomic E-state index is 12.6. The number of hydrogen-bond acceptors (Lipinski definition) is 4. The second kappa shape index (κ2) is 6.97. The maximum absolute atomic E-state index is 12.6. The molecule has 0 bridgehead atoms. The van der Waals surface area contributed by atoms with Gasteiger partial charge in [0.05, 0.1) is 17.9 Å². The highest BCUT2D eigenvalue weighted by Gasteiger charge is 2.19. The molecule has 6 heteroatoms. The quantitative estimate of drug-likeness (QED) is 0.760. The van der Waals surface area contributed by atoms with Crippen LogP contribution in [-0.2, 0) is 4.79 Å². The van der Waals surface area contributed by atoms with E-state index in [4.69, 9.17) is 0 Å². The lowest BCUT2D eigenvalue weighted by Gasteiger charge is -2.24. The second-order valence-electron chi connectivity index (χ2n) is 5.01. The van der Waals surface area contributed by atoms with Crippen molar-refractivity contribution >= 4 is 23.2 Å². The molecule has 114 valence electrons. The molecular weight excluding hydrogens is 268 g/mol. The Labute approximate surface area is 124 Å². The summed E-state index contributed by atoms with van der Waals surface area (Å²) in [5, 5.41) is 9.10. The predicted molar refractivity (Wildman–Crippen MR) is 83.7 cm³/mol. The topological polar surface area (TPSA) is 73.5 Å². The zero-order valence-electron chi connectivity index (χ0n) is 12.5. The molecule has 2 rings (SSSR count). The van der Waals surface area contributed by atoms with Crippen LogP contribution in [0.25, 0.3) is 0 Å². The average molecular weight is 290 g/mol. The van der Waals surface area contributed by atoms with Crippen molar-refractivity contribution in [2.24, 2.45) is 0 Å². The molecule has 21 heavy (non-hydrogen) atoms. The van der Waals surface area contributed by atoms with Gasteiger partial charge in [0.2, 0.25) is 5.91 Å². The molecule has 0 saturated heterocycles. The van der Waals surface area contributed by atoms with Gasteiger partial charge in [0, 0.05) is 32.2 Å². The van der Waals surface area contributed by atoms with Gasteiger partial charge in [-0.15, -0.1) is 0 Å². The summed E-state index contributed by atoms with van der Waals surface area (Å²) < 4.78 is 0. The number of hydrogen-bond donors (Lipinski definition) is 3. The van der Waals surface area contributed by atoms with Crippen LogP contribution in [0.5, 0.6) is 0 Å². The summed E-state index contributed by atoms with van der Waals surface area (Å²) in [4.78, 5) is 25.7. The molecule has 1 aliphatic rings. The zero-order valence-corrected chi connectivity index (χ0v) is 12.5. The first-order valence-electron chi connectivity index (χ1n) is 7.27. The minimum atomic E-state index is -0.158. The Bertz CT molecular complexity index is 530. The number of fused-ring (bicyclic) bond motifs is 1. The molecule has 0 aromatic heterocycles. The van der Waals surface area contributed by atoms with Gasteiger partial charge in [0.25, 0.3) is 5.91 Å². The molecule has 1 aromatic carbocycles. The van der Waals surface area contributed by atoms with Gasteiger partial charge >= 0.3 is 0 Å². The monoisotopic (exact) mass is 290 g/mol. The lowest BCUT2D eigenvalue weighted by atomic mass is 10.1. The molecule has 1 aromatic rings. The SMILES string of the molecule is CCCN(CC(=O)NC)C(=O)c1ccc2c(c1)NCCN2. The maximum Gasteiger partial charge on any atom is 0.254 e. The zero-order chi connectivity index (χ0) is 15.2. The van der Waals surface area contributed by atoms with Crippen LogP contribution in [0.2, 0.25) is 0 Å². The van der Waals surface area contributed by atoms with Crippen LogP contribution in [0.15, 0.2) is 18.2 Å². The molecule has 6 nitrogen and oxygen atoms in total. The van der Waals surface area contributed by atoms with Crippen molar-refractivity contribution < 1.29 is 9.59 Å². The lowest BCUT2D eigenvalue weighted by molar-refractivity contribution is -0.121. The second-order valence-corrected chi connectivity index (χ2v) is 5.01. The molecule has 0 spiro atoms. The normalized spacial score (nSPS) is 12.7. The molecule has 1 aliphatic heterocycles. The van der Waals surface area contributed by atoms with Crippen LogP contribution in [-0.4, -0.2) is 49.9 Å². The predicted octanol–water partition coefficient (Wildman–Crippen LogP) is 1.12. The highest BCUT2D eigenvalue weighted by atomic mass is 16.2. The first-order valence-corrected chi connectivity index (χ1v) is 7.27. The van der Waals surface area contributed by atoms with E-state index in [9.17, 15) is 9.59 Å². The first kappa shape index (κ1) is 15.2. The number of carbonyl (C=O) groups is 2. The Hall–Kier alpha value is -2.24. The van der Waals surface area contributed by atoms with Gasteiger partial charge in [-0.1, -0.05) is 6.92 Å². The standard InChI is InChI=1S/C15H22N4O2/c1-3-8-19(10-14(20)16-2)15(21)11-4-5-12-13(9-11)18-7-6-17-12/h4-5,9,17-18H,3,6-8,10H2,1-2H3,(H,16,20). The molecule has 0 unspecified atom stereocenters. The number of carbonyl (C=O) groups excluding carboxylic acids is 2. The summed E-state index contributed by atoms with van der Waals surface area (Å²) in [5.74, 6) is -0.273. The van der Waals surface area contributed by atoms with Gasteiger partial charge < -0.3 is 20.9 Å². The van der Waals surface area contributed by atoms with Crippen LogP contribution in [0, 0.1) is 0 Å². The summed E-state index contributed by atoms with van der Waals surface area (Å²) in [7, 11) is 1.57. The van der Waals surface area contributed by atoms with E-state index in [1.54, 1.807) is 18.0 Å². The van der Waals surface area contributed by atoms with Crippen molar-refractivity contribution in [1.82, 2.24) is 10.2 Å². The summed E-state index contributed by atoms with van der Waals surface area (Å²) in [6.07, 6.45) is 0.813. The van der Waals surface area contributed by atoms with Crippen LogP contribution >= 0.6 is 0 Å². The Morgan fingerprint density at radius 3 is 2.62 bits per heavy atom. The molecule has 0 radical (unpaired) electrons. The Balaban J connectivity index is 2.17. The van der Waals surface area contributed by atoms with Gasteiger partial charge in [0.1, 0.15) is 0 Å². The Morgan fingerprint density at radius 1 is 1.24 bits per heavy atom. The van der Waals surface area contributed by atoms with E-state index in [-0.39, 0.29) is 18.4 Å². The van der Waals surface area contributed by atoms with E-state index in [0.717, 1.165) is 30.9 Å². The molecule has 3 N–H and O–H groups in total.